The van der Waals surface area contributed by atoms with Gasteiger partial charge in [-0.2, -0.15) is 0 Å². The third-order valence-corrected chi connectivity index (χ3v) is 6.06. The van der Waals surface area contributed by atoms with Crippen LogP contribution >= 0.6 is 0 Å². The lowest BCUT2D eigenvalue weighted by Gasteiger charge is -2.27. The first kappa shape index (κ1) is 40.4. The fourth-order valence-electron chi connectivity index (χ4n) is 4.19. The van der Waals surface area contributed by atoms with Crippen LogP contribution in [0.15, 0.2) is 0 Å². The standard InChI is InChI=1S/C13H29N.C11H25N.C9H21N/c1-6-8-11-14(7-2)12-9-10-13(3,4)5;1-9(2)8-12-10(3)7-11(4,5)6;1-6-10(7-2)8-9(3,4)5/h6-12H2,1-5H3;9-10,12H,7-8H2,1-6H3;6-8H2,1-5H3. The van der Waals surface area contributed by atoms with Gasteiger partial charge in [0.05, 0.1) is 0 Å². The second-order valence-corrected chi connectivity index (χ2v) is 14.9. The third kappa shape index (κ3) is 36.0. The molecule has 0 aromatic heterocycles. The van der Waals surface area contributed by atoms with Gasteiger partial charge in [0.15, 0.2) is 0 Å². The molecule has 0 saturated heterocycles. The lowest BCUT2D eigenvalue weighted by molar-refractivity contribution is 0.208. The first-order chi connectivity index (χ1) is 16.3. The van der Waals surface area contributed by atoms with E-state index in [0.717, 1.165) is 12.5 Å². The molecule has 0 heterocycles. The molecular formula is C33H75N3. The molecule has 0 aliphatic rings. The summed E-state index contributed by atoms with van der Waals surface area (Å²) in [6, 6.07) is 0.646. The van der Waals surface area contributed by atoms with Gasteiger partial charge in [0.2, 0.25) is 0 Å². The minimum absolute atomic E-state index is 0.448. The second-order valence-electron chi connectivity index (χ2n) is 14.9. The van der Waals surface area contributed by atoms with Crippen LogP contribution in [0, 0.1) is 22.2 Å². The van der Waals surface area contributed by atoms with Gasteiger partial charge in [0.1, 0.15) is 0 Å². The minimum Gasteiger partial charge on any atom is -0.314 e. The lowest BCUT2D eigenvalue weighted by atomic mass is 9.88. The maximum Gasteiger partial charge on any atom is 0.00438 e. The highest BCUT2D eigenvalue weighted by Crippen LogP contribution is 2.21. The normalized spacial score (nSPS) is 13.4. The van der Waals surface area contributed by atoms with Crippen molar-refractivity contribution in [2.45, 2.75) is 149 Å². The summed E-state index contributed by atoms with van der Waals surface area (Å²) in [6.45, 7) is 44.9. The number of rotatable bonds is 14. The topological polar surface area (TPSA) is 18.5 Å². The van der Waals surface area contributed by atoms with Crippen molar-refractivity contribution in [1.29, 1.82) is 0 Å². The van der Waals surface area contributed by atoms with Crippen molar-refractivity contribution in [3.8, 4) is 0 Å². The quantitative estimate of drug-likeness (QED) is 0.249. The summed E-state index contributed by atoms with van der Waals surface area (Å²) in [4.78, 5) is 5.04. The maximum absolute atomic E-state index is 3.54. The van der Waals surface area contributed by atoms with E-state index >= 15 is 0 Å². The molecule has 0 aliphatic carbocycles. The van der Waals surface area contributed by atoms with E-state index < -0.39 is 0 Å². The summed E-state index contributed by atoms with van der Waals surface area (Å²) >= 11 is 0. The summed E-state index contributed by atoms with van der Waals surface area (Å²) in [5.74, 6) is 0.757. The van der Waals surface area contributed by atoms with Gasteiger partial charge in [-0.25, -0.2) is 0 Å². The Kier molecular flexibility index (Phi) is 24.4. The van der Waals surface area contributed by atoms with Gasteiger partial charge in [-0.05, 0) is 94.0 Å². The van der Waals surface area contributed by atoms with E-state index in [4.69, 9.17) is 0 Å². The largest absolute Gasteiger partial charge is 0.314 e. The zero-order chi connectivity index (χ0) is 29.0. The van der Waals surface area contributed by atoms with Crippen molar-refractivity contribution in [3.05, 3.63) is 0 Å². The summed E-state index contributed by atoms with van der Waals surface area (Å²) in [6.07, 6.45) is 6.61. The van der Waals surface area contributed by atoms with Crippen molar-refractivity contribution in [2.24, 2.45) is 22.2 Å². The molecular weight excluding hydrogens is 438 g/mol. The van der Waals surface area contributed by atoms with Gasteiger partial charge < -0.3 is 15.1 Å². The van der Waals surface area contributed by atoms with Gasteiger partial charge in [-0.15, -0.1) is 0 Å². The number of unbranched alkanes of at least 4 members (excludes halogenated alkanes) is 1. The van der Waals surface area contributed by atoms with Crippen LogP contribution in [0.5, 0.6) is 0 Å². The predicted molar refractivity (Wildman–Crippen MR) is 169 cm³/mol. The molecule has 0 aromatic rings. The number of hydrogen-bond donors (Lipinski definition) is 1. The number of nitrogens with zero attached hydrogens (tertiary/aromatic N) is 2. The third-order valence-electron chi connectivity index (χ3n) is 6.06. The molecule has 3 heteroatoms. The lowest BCUT2D eigenvalue weighted by Crippen LogP contribution is -2.32. The van der Waals surface area contributed by atoms with Crippen LogP contribution in [0.1, 0.15) is 143 Å². The van der Waals surface area contributed by atoms with Crippen molar-refractivity contribution < 1.29 is 0 Å². The van der Waals surface area contributed by atoms with Gasteiger partial charge in [-0.3, -0.25) is 0 Å². The molecule has 0 amide bonds. The monoisotopic (exact) mass is 514 g/mol. The summed E-state index contributed by atoms with van der Waals surface area (Å²) in [5, 5.41) is 3.54. The predicted octanol–water partition coefficient (Wildman–Crippen LogP) is 9.37. The Morgan fingerprint density at radius 2 is 1.08 bits per heavy atom. The van der Waals surface area contributed by atoms with E-state index in [1.54, 1.807) is 0 Å². The van der Waals surface area contributed by atoms with Crippen LogP contribution in [0.3, 0.4) is 0 Å². The maximum atomic E-state index is 3.54. The second kappa shape index (κ2) is 21.8. The van der Waals surface area contributed by atoms with Crippen molar-refractivity contribution in [1.82, 2.24) is 15.1 Å². The zero-order valence-electron chi connectivity index (χ0n) is 28.5. The van der Waals surface area contributed by atoms with Crippen LogP contribution in [0.25, 0.3) is 0 Å². The molecule has 0 fully saturated rings. The summed E-state index contributed by atoms with van der Waals surface area (Å²) in [5.41, 5.74) is 1.40. The van der Waals surface area contributed by atoms with E-state index in [0.29, 0.717) is 22.3 Å². The first-order valence-electron chi connectivity index (χ1n) is 15.5. The molecule has 0 aliphatic heterocycles. The Morgan fingerprint density at radius 3 is 1.39 bits per heavy atom. The van der Waals surface area contributed by atoms with E-state index in [-0.39, 0.29) is 0 Å². The number of nitrogens with one attached hydrogen (secondary N) is 1. The van der Waals surface area contributed by atoms with Crippen molar-refractivity contribution in [2.75, 3.05) is 45.8 Å². The SMILES string of the molecule is CC(C)CNC(C)CC(C)(C)C.CCCCN(CC)CCCC(C)(C)C.CCN(CC)CC(C)(C)C. The van der Waals surface area contributed by atoms with Crippen LogP contribution in [-0.4, -0.2) is 61.7 Å². The van der Waals surface area contributed by atoms with Gasteiger partial charge in [0.25, 0.3) is 0 Å². The smallest absolute Gasteiger partial charge is 0.00438 e. The Bertz CT molecular complexity index is 447. The van der Waals surface area contributed by atoms with Crippen molar-refractivity contribution >= 4 is 0 Å². The van der Waals surface area contributed by atoms with Gasteiger partial charge in [0, 0.05) is 12.6 Å². The molecule has 0 aromatic carbocycles. The molecule has 1 N–H and O–H groups in total. The Labute approximate surface area is 231 Å². The van der Waals surface area contributed by atoms with Crippen LogP contribution in [0.2, 0.25) is 0 Å². The Morgan fingerprint density at radius 1 is 0.611 bits per heavy atom. The fraction of sp³-hybridized carbons (Fsp3) is 1.00. The summed E-state index contributed by atoms with van der Waals surface area (Å²) in [7, 11) is 0. The fourth-order valence-corrected chi connectivity index (χ4v) is 4.19. The molecule has 1 atom stereocenters. The van der Waals surface area contributed by atoms with Crippen molar-refractivity contribution in [3.63, 3.8) is 0 Å². The molecule has 36 heavy (non-hydrogen) atoms. The highest BCUT2D eigenvalue weighted by atomic mass is 15.1. The molecule has 0 radical (unpaired) electrons. The molecule has 0 rings (SSSR count). The minimum atomic E-state index is 0.448. The average Bonchev–Trinajstić information content (AvgIpc) is 2.71. The average molecular weight is 514 g/mol. The highest BCUT2D eigenvalue weighted by Gasteiger charge is 2.15. The van der Waals surface area contributed by atoms with Gasteiger partial charge >= 0.3 is 0 Å². The summed E-state index contributed by atoms with van der Waals surface area (Å²) < 4.78 is 0. The molecule has 0 bridgehead atoms. The van der Waals surface area contributed by atoms with Crippen LogP contribution in [0.4, 0.5) is 0 Å². The van der Waals surface area contributed by atoms with Gasteiger partial charge in [-0.1, -0.05) is 110 Å². The van der Waals surface area contributed by atoms with E-state index in [2.05, 4.69) is 126 Å². The van der Waals surface area contributed by atoms with E-state index in [1.807, 2.05) is 0 Å². The highest BCUT2D eigenvalue weighted by molar-refractivity contribution is 4.71. The molecule has 0 spiro atoms. The Balaban J connectivity index is -0.000000460. The molecule has 3 nitrogen and oxygen atoms in total. The molecule has 1 unspecified atom stereocenters. The van der Waals surface area contributed by atoms with Crippen LogP contribution < -0.4 is 5.32 Å². The van der Waals surface area contributed by atoms with Crippen LogP contribution in [-0.2, 0) is 0 Å². The van der Waals surface area contributed by atoms with E-state index in [1.165, 1.54) is 71.4 Å². The number of hydrogen-bond acceptors (Lipinski definition) is 3. The molecule has 222 valence electrons. The first-order valence-corrected chi connectivity index (χ1v) is 15.5. The van der Waals surface area contributed by atoms with E-state index in [9.17, 15) is 0 Å². The Hall–Kier alpha value is -0.120. The molecule has 0 saturated carbocycles. The zero-order valence-corrected chi connectivity index (χ0v) is 28.5.